The fourth-order valence-electron chi connectivity index (χ4n) is 1.89. The van der Waals surface area contributed by atoms with Gasteiger partial charge in [-0.05, 0) is 32.9 Å². The van der Waals surface area contributed by atoms with Crippen LogP contribution in [-0.4, -0.2) is 16.1 Å². The largest absolute Gasteiger partial charge is 0.348 e. The summed E-state index contributed by atoms with van der Waals surface area (Å²) >= 11 is 0. The van der Waals surface area contributed by atoms with Gasteiger partial charge in [0.15, 0.2) is 0 Å². The summed E-state index contributed by atoms with van der Waals surface area (Å²) in [6, 6.07) is 7.56. The van der Waals surface area contributed by atoms with E-state index in [9.17, 15) is 4.79 Å². The summed E-state index contributed by atoms with van der Waals surface area (Å²) in [5.74, 6) is -0.0568. The molecule has 18 heavy (non-hydrogen) atoms. The molecule has 1 aromatic heterocycles. The number of nitrogens with zero attached hydrogens (tertiary/aromatic N) is 1. The van der Waals surface area contributed by atoms with Gasteiger partial charge in [0.1, 0.15) is 0 Å². The predicted octanol–water partition coefficient (Wildman–Crippen LogP) is 2.26. The molecule has 0 aliphatic carbocycles. The number of hydrogen-bond acceptors (Lipinski definition) is 2. The van der Waals surface area contributed by atoms with Crippen LogP contribution in [0.15, 0.2) is 24.3 Å². The van der Waals surface area contributed by atoms with Crippen molar-refractivity contribution in [2.75, 3.05) is 0 Å². The van der Waals surface area contributed by atoms with Crippen molar-refractivity contribution >= 4 is 5.91 Å². The first-order valence-electron chi connectivity index (χ1n) is 5.93. The highest BCUT2D eigenvalue weighted by Gasteiger charge is 2.09. The average molecular weight is 243 g/mol. The van der Waals surface area contributed by atoms with Crippen LogP contribution in [0.5, 0.6) is 0 Å². The number of aromatic amines is 1. The molecule has 0 saturated heterocycles. The van der Waals surface area contributed by atoms with E-state index in [1.807, 2.05) is 45.0 Å². The number of aryl methyl sites for hydroxylation is 3. The van der Waals surface area contributed by atoms with Gasteiger partial charge in [0, 0.05) is 23.4 Å². The lowest BCUT2D eigenvalue weighted by molar-refractivity contribution is 0.0951. The number of carbonyl (C=O) groups is 1. The van der Waals surface area contributed by atoms with E-state index in [-0.39, 0.29) is 5.91 Å². The number of nitrogens with one attached hydrogen (secondary N) is 2. The molecule has 0 unspecified atom stereocenters. The molecule has 1 amide bonds. The average Bonchev–Trinajstić information content (AvgIpc) is 2.66. The molecule has 2 N–H and O–H groups in total. The van der Waals surface area contributed by atoms with Gasteiger partial charge in [0.2, 0.25) is 0 Å². The van der Waals surface area contributed by atoms with E-state index < -0.39 is 0 Å². The molecule has 2 rings (SSSR count). The number of benzene rings is 1. The molecule has 0 atom stereocenters. The maximum absolute atomic E-state index is 12.0. The molecule has 1 aromatic carbocycles. The van der Waals surface area contributed by atoms with Gasteiger partial charge in [-0.1, -0.05) is 17.7 Å². The van der Waals surface area contributed by atoms with Gasteiger partial charge in [-0.15, -0.1) is 0 Å². The first kappa shape index (κ1) is 12.4. The smallest absolute Gasteiger partial charge is 0.251 e. The van der Waals surface area contributed by atoms with Crippen LogP contribution in [-0.2, 0) is 6.54 Å². The Morgan fingerprint density at radius 2 is 2.11 bits per heavy atom. The van der Waals surface area contributed by atoms with E-state index in [0.29, 0.717) is 12.1 Å². The van der Waals surface area contributed by atoms with Crippen molar-refractivity contribution in [3.8, 4) is 0 Å². The van der Waals surface area contributed by atoms with Crippen molar-refractivity contribution in [2.24, 2.45) is 0 Å². The first-order valence-corrected chi connectivity index (χ1v) is 5.93. The second-order valence-electron chi connectivity index (χ2n) is 4.46. The molecular weight excluding hydrogens is 226 g/mol. The van der Waals surface area contributed by atoms with E-state index in [4.69, 9.17) is 0 Å². The highest BCUT2D eigenvalue weighted by molar-refractivity contribution is 5.94. The molecular formula is C14H17N3O. The zero-order valence-corrected chi connectivity index (χ0v) is 10.9. The molecule has 94 valence electrons. The Kier molecular flexibility index (Phi) is 3.46. The Morgan fingerprint density at radius 1 is 1.33 bits per heavy atom. The Morgan fingerprint density at radius 3 is 2.72 bits per heavy atom. The van der Waals surface area contributed by atoms with Gasteiger partial charge in [-0.3, -0.25) is 9.89 Å². The van der Waals surface area contributed by atoms with Crippen molar-refractivity contribution in [3.05, 3.63) is 52.3 Å². The number of hydrogen-bond donors (Lipinski definition) is 2. The van der Waals surface area contributed by atoms with Gasteiger partial charge in [0.05, 0.1) is 5.69 Å². The minimum atomic E-state index is -0.0568. The Labute approximate surface area is 106 Å². The maximum atomic E-state index is 12.0. The highest BCUT2D eigenvalue weighted by Crippen LogP contribution is 2.09. The SMILES string of the molecule is Cc1cccc(C(=O)NCc2c(C)n[nH]c2C)c1. The summed E-state index contributed by atoms with van der Waals surface area (Å²) in [5.41, 5.74) is 4.75. The fourth-order valence-corrected chi connectivity index (χ4v) is 1.89. The fraction of sp³-hybridized carbons (Fsp3) is 0.286. The van der Waals surface area contributed by atoms with Crippen LogP contribution < -0.4 is 5.32 Å². The third-order valence-electron chi connectivity index (χ3n) is 2.99. The van der Waals surface area contributed by atoms with Crippen molar-refractivity contribution < 1.29 is 4.79 Å². The zero-order valence-electron chi connectivity index (χ0n) is 10.9. The van der Waals surface area contributed by atoms with Crippen LogP contribution in [0.2, 0.25) is 0 Å². The zero-order chi connectivity index (χ0) is 13.1. The summed E-state index contributed by atoms with van der Waals surface area (Å²) in [5, 5.41) is 9.92. The van der Waals surface area contributed by atoms with Crippen LogP contribution in [0, 0.1) is 20.8 Å². The number of carbonyl (C=O) groups excluding carboxylic acids is 1. The predicted molar refractivity (Wildman–Crippen MR) is 70.4 cm³/mol. The minimum Gasteiger partial charge on any atom is -0.348 e. The Hall–Kier alpha value is -2.10. The third-order valence-corrected chi connectivity index (χ3v) is 2.99. The van der Waals surface area contributed by atoms with Crippen molar-refractivity contribution in [1.29, 1.82) is 0 Å². The third kappa shape index (κ3) is 2.59. The Bertz CT molecular complexity index is 553. The summed E-state index contributed by atoms with van der Waals surface area (Å²) < 4.78 is 0. The second kappa shape index (κ2) is 5.04. The van der Waals surface area contributed by atoms with Crippen LogP contribution in [0.1, 0.15) is 32.9 Å². The molecule has 4 nitrogen and oxygen atoms in total. The van der Waals surface area contributed by atoms with Gasteiger partial charge in [-0.25, -0.2) is 0 Å². The summed E-state index contributed by atoms with van der Waals surface area (Å²) in [7, 11) is 0. The summed E-state index contributed by atoms with van der Waals surface area (Å²) in [4.78, 5) is 12.0. The van der Waals surface area contributed by atoms with Gasteiger partial charge < -0.3 is 5.32 Å². The highest BCUT2D eigenvalue weighted by atomic mass is 16.1. The van der Waals surface area contributed by atoms with Gasteiger partial charge in [-0.2, -0.15) is 5.10 Å². The molecule has 0 aliphatic heterocycles. The Balaban J connectivity index is 2.05. The van der Waals surface area contributed by atoms with Crippen molar-refractivity contribution in [2.45, 2.75) is 27.3 Å². The van der Waals surface area contributed by atoms with E-state index in [1.54, 1.807) is 0 Å². The molecule has 4 heteroatoms. The van der Waals surface area contributed by atoms with E-state index in [2.05, 4.69) is 15.5 Å². The second-order valence-corrected chi connectivity index (χ2v) is 4.46. The number of aromatic nitrogens is 2. The van der Waals surface area contributed by atoms with E-state index >= 15 is 0 Å². The van der Waals surface area contributed by atoms with Gasteiger partial charge >= 0.3 is 0 Å². The molecule has 1 heterocycles. The molecule has 0 fully saturated rings. The molecule has 0 saturated carbocycles. The lowest BCUT2D eigenvalue weighted by atomic mass is 10.1. The van der Waals surface area contributed by atoms with Crippen LogP contribution in [0.25, 0.3) is 0 Å². The van der Waals surface area contributed by atoms with Crippen LogP contribution in [0.3, 0.4) is 0 Å². The van der Waals surface area contributed by atoms with Crippen molar-refractivity contribution in [3.63, 3.8) is 0 Å². The van der Waals surface area contributed by atoms with E-state index in [0.717, 1.165) is 22.5 Å². The monoisotopic (exact) mass is 243 g/mol. The van der Waals surface area contributed by atoms with E-state index in [1.165, 1.54) is 0 Å². The normalized spacial score (nSPS) is 10.4. The molecule has 2 aromatic rings. The standard InChI is InChI=1S/C14H17N3O/c1-9-5-4-6-12(7-9)14(18)15-8-13-10(2)16-17-11(13)3/h4-7H,8H2,1-3H3,(H,15,18)(H,16,17). The quantitative estimate of drug-likeness (QED) is 0.868. The topological polar surface area (TPSA) is 57.8 Å². The van der Waals surface area contributed by atoms with Gasteiger partial charge in [0.25, 0.3) is 5.91 Å². The lowest BCUT2D eigenvalue weighted by Crippen LogP contribution is -2.23. The van der Waals surface area contributed by atoms with Crippen molar-refractivity contribution in [1.82, 2.24) is 15.5 Å². The van der Waals surface area contributed by atoms with Crippen LogP contribution in [0.4, 0.5) is 0 Å². The summed E-state index contributed by atoms with van der Waals surface area (Å²) in [6.45, 7) is 6.36. The maximum Gasteiger partial charge on any atom is 0.251 e. The molecule has 0 radical (unpaired) electrons. The molecule has 0 aliphatic rings. The minimum absolute atomic E-state index is 0.0568. The lowest BCUT2D eigenvalue weighted by Gasteiger charge is -2.06. The van der Waals surface area contributed by atoms with Crippen LogP contribution >= 0.6 is 0 Å². The summed E-state index contributed by atoms with van der Waals surface area (Å²) in [6.07, 6.45) is 0. The molecule has 0 spiro atoms. The molecule has 0 bridgehead atoms. The number of H-pyrrole nitrogens is 1. The number of rotatable bonds is 3. The number of amides is 1. The first-order chi connectivity index (χ1) is 8.58.